The maximum absolute atomic E-state index is 14.2. The SMILES string of the molecule is CC(C)(F)c1cc2c(c(C3(N)CCCC3)c1)OCO2. The monoisotopic (exact) mass is 265 g/mol. The van der Waals surface area contributed by atoms with E-state index in [9.17, 15) is 4.39 Å². The molecule has 1 aliphatic heterocycles. The van der Waals surface area contributed by atoms with Gasteiger partial charge in [-0.15, -0.1) is 0 Å². The summed E-state index contributed by atoms with van der Waals surface area (Å²) < 4.78 is 25.2. The molecule has 1 saturated carbocycles. The first-order valence-electron chi connectivity index (χ1n) is 6.83. The number of nitrogens with two attached hydrogens (primary N) is 1. The molecule has 1 aromatic carbocycles. The lowest BCUT2D eigenvalue weighted by Crippen LogP contribution is -2.33. The zero-order valence-corrected chi connectivity index (χ0v) is 11.5. The Bertz CT molecular complexity index is 502. The number of rotatable bonds is 2. The maximum atomic E-state index is 14.2. The molecule has 1 aliphatic carbocycles. The van der Waals surface area contributed by atoms with Crippen molar-refractivity contribution in [2.45, 2.75) is 50.7 Å². The average Bonchev–Trinajstić information content (AvgIpc) is 2.95. The molecule has 19 heavy (non-hydrogen) atoms. The molecule has 4 heteroatoms. The van der Waals surface area contributed by atoms with Crippen LogP contribution in [0, 0.1) is 0 Å². The zero-order chi connectivity index (χ0) is 13.7. The molecule has 0 saturated heterocycles. The van der Waals surface area contributed by atoms with Crippen molar-refractivity contribution in [3.8, 4) is 11.5 Å². The van der Waals surface area contributed by atoms with Gasteiger partial charge in [0.05, 0.1) is 0 Å². The number of alkyl halides is 1. The smallest absolute Gasteiger partial charge is 0.231 e. The molecule has 2 aliphatic rings. The van der Waals surface area contributed by atoms with Gasteiger partial charge >= 0.3 is 0 Å². The van der Waals surface area contributed by atoms with E-state index in [1.165, 1.54) is 0 Å². The van der Waals surface area contributed by atoms with Gasteiger partial charge in [0.25, 0.3) is 0 Å². The number of benzene rings is 1. The van der Waals surface area contributed by atoms with E-state index < -0.39 is 11.2 Å². The van der Waals surface area contributed by atoms with E-state index in [2.05, 4.69) is 0 Å². The number of ether oxygens (including phenoxy) is 2. The highest BCUT2D eigenvalue weighted by Crippen LogP contribution is 2.48. The van der Waals surface area contributed by atoms with Gasteiger partial charge in [-0.05, 0) is 44.4 Å². The summed E-state index contributed by atoms with van der Waals surface area (Å²) in [5.41, 5.74) is 6.20. The van der Waals surface area contributed by atoms with Gasteiger partial charge in [0.15, 0.2) is 11.5 Å². The number of fused-ring (bicyclic) bond motifs is 1. The van der Waals surface area contributed by atoms with Gasteiger partial charge in [-0.2, -0.15) is 0 Å². The molecule has 0 atom stereocenters. The molecule has 3 nitrogen and oxygen atoms in total. The first-order valence-corrected chi connectivity index (χ1v) is 6.83. The Balaban J connectivity index is 2.15. The van der Waals surface area contributed by atoms with Gasteiger partial charge in [-0.25, -0.2) is 4.39 Å². The molecule has 104 valence electrons. The third-order valence-corrected chi connectivity index (χ3v) is 4.19. The van der Waals surface area contributed by atoms with Gasteiger partial charge < -0.3 is 15.2 Å². The van der Waals surface area contributed by atoms with E-state index in [1.54, 1.807) is 19.9 Å². The highest BCUT2D eigenvalue weighted by atomic mass is 19.1. The summed E-state index contributed by atoms with van der Waals surface area (Å²) in [7, 11) is 0. The summed E-state index contributed by atoms with van der Waals surface area (Å²) in [6, 6.07) is 3.59. The third-order valence-electron chi connectivity index (χ3n) is 4.19. The predicted octanol–water partition coefficient (Wildman–Crippen LogP) is 3.35. The van der Waals surface area contributed by atoms with Crippen LogP contribution < -0.4 is 15.2 Å². The molecule has 1 fully saturated rings. The quantitative estimate of drug-likeness (QED) is 0.891. The van der Waals surface area contributed by atoms with Crippen LogP contribution in [-0.4, -0.2) is 6.79 Å². The van der Waals surface area contributed by atoms with Gasteiger partial charge in [-0.3, -0.25) is 0 Å². The summed E-state index contributed by atoms with van der Waals surface area (Å²) in [5.74, 6) is 1.33. The fourth-order valence-corrected chi connectivity index (χ4v) is 3.00. The second-order valence-corrected chi connectivity index (χ2v) is 6.09. The van der Waals surface area contributed by atoms with Crippen molar-refractivity contribution in [2.24, 2.45) is 5.73 Å². The minimum absolute atomic E-state index is 0.189. The van der Waals surface area contributed by atoms with Crippen LogP contribution in [0.15, 0.2) is 12.1 Å². The molecule has 1 heterocycles. The van der Waals surface area contributed by atoms with Crippen LogP contribution >= 0.6 is 0 Å². The lowest BCUT2D eigenvalue weighted by atomic mass is 9.85. The van der Waals surface area contributed by atoms with Crippen LogP contribution in [0.4, 0.5) is 4.39 Å². The Kier molecular flexibility index (Phi) is 2.75. The second-order valence-electron chi connectivity index (χ2n) is 6.09. The van der Waals surface area contributed by atoms with Gasteiger partial charge in [0.1, 0.15) is 5.67 Å². The first-order chi connectivity index (χ1) is 8.90. The van der Waals surface area contributed by atoms with Crippen LogP contribution in [0.1, 0.15) is 50.7 Å². The van der Waals surface area contributed by atoms with Crippen LogP contribution in [0.3, 0.4) is 0 Å². The van der Waals surface area contributed by atoms with E-state index in [0.717, 1.165) is 31.2 Å². The van der Waals surface area contributed by atoms with Gasteiger partial charge in [0, 0.05) is 11.1 Å². The fourth-order valence-electron chi connectivity index (χ4n) is 3.00. The highest BCUT2D eigenvalue weighted by Gasteiger charge is 2.38. The number of halogens is 1. The van der Waals surface area contributed by atoms with E-state index in [-0.39, 0.29) is 6.79 Å². The minimum Gasteiger partial charge on any atom is -0.454 e. The Hall–Kier alpha value is -1.29. The Labute approximate surface area is 112 Å². The van der Waals surface area contributed by atoms with Crippen molar-refractivity contribution < 1.29 is 13.9 Å². The van der Waals surface area contributed by atoms with Crippen molar-refractivity contribution in [1.82, 2.24) is 0 Å². The van der Waals surface area contributed by atoms with Crippen molar-refractivity contribution >= 4 is 0 Å². The van der Waals surface area contributed by atoms with Gasteiger partial charge in [-0.1, -0.05) is 12.8 Å². The molecule has 1 aromatic rings. The zero-order valence-electron chi connectivity index (χ0n) is 11.5. The Morgan fingerprint density at radius 3 is 2.53 bits per heavy atom. The Morgan fingerprint density at radius 2 is 1.89 bits per heavy atom. The van der Waals surface area contributed by atoms with Crippen LogP contribution in [-0.2, 0) is 11.2 Å². The molecule has 3 rings (SSSR count). The van der Waals surface area contributed by atoms with Crippen molar-refractivity contribution in [1.29, 1.82) is 0 Å². The molecule has 0 unspecified atom stereocenters. The number of hydrogen-bond acceptors (Lipinski definition) is 3. The number of hydrogen-bond donors (Lipinski definition) is 1. The molecule has 0 amide bonds. The molecule has 0 radical (unpaired) electrons. The summed E-state index contributed by atoms with van der Waals surface area (Å²) >= 11 is 0. The maximum Gasteiger partial charge on any atom is 0.231 e. The molecular weight excluding hydrogens is 245 g/mol. The van der Waals surface area contributed by atoms with Crippen LogP contribution in [0.2, 0.25) is 0 Å². The molecule has 0 bridgehead atoms. The third kappa shape index (κ3) is 2.08. The normalized spacial score (nSPS) is 20.8. The highest BCUT2D eigenvalue weighted by molar-refractivity contribution is 5.54. The minimum atomic E-state index is -1.41. The Morgan fingerprint density at radius 1 is 1.21 bits per heavy atom. The fraction of sp³-hybridized carbons (Fsp3) is 0.600. The van der Waals surface area contributed by atoms with Crippen molar-refractivity contribution in [3.05, 3.63) is 23.3 Å². The van der Waals surface area contributed by atoms with E-state index >= 15 is 0 Å². The van der Waals surface area contributed by atoms with E-state index in [0.29, 0.717) is 17.1 Å². The second kappa shape index (κ2) is 4.10. The molecule has 2 N–H and O–H groups in total. The van der Waals surface area contributed by atoms with Gasteiger partial charge in [0.2, 0.25) is 6.79 Å². The predicted molar refractivity (Wildman–Crippen MR) is 71.0 cm³/mol. The molecule has 0 spiro atoms. The first kappa shape index (κ1) is 12.7. The standard InChI is InChI=1S/C15H20FNO2/c1-14(2,16)10-7-11(15(17)5-3-4-6-15)13-12(8-10)18-9-19-13/h7-8H,3-6,9,17H2,1-2H3. The van der Waals surface area contributed by atoms with Crippen LogP contribution in [0.5, 0.6) is 11.5 Å². The molecular formula is C15H20FNO2. The topological polar surface area (TPSA) is 44.5 Å². The summed E-state index contributed by atoms with van der Waals surface area (Å²) in [6.07, 6.45) is 4.04. The lowest BCUT2D eigenvalue weighted by Gasteiger charge is -2.27. The summed E-state index contributed by atoms with van der Waals surface area (Å²) in [6.45, 7) is 3.28. The van der Waals surface area contributed by atoms with E-state index in [4.69, 9.17) is 15.2 Å². The summed E-state index contributed by atoms with van der Waals surface area (Å²) in [4.78, 5) is 0. The van der Waals surface area contributed by atoms with Crippen molar-refractivity contribution in [2.75, 3.05) is 6.79 Å². The molecule has 0 aromatic heterocycles. The summed E-state index contributed by atoms with van der Waals surface area (Å²) in [5, 5.41) is 0. The van der Waals surface area contributed by atoms with Crippen molar-refractivity contribution in [3.63, 3.8) is 0 Å². The lowest BCUT2D eigenvalue weighted by molar-refractivity contribution is 0.171. The van der Waals surface area contributed by atoms with E-state index in [1.807, 2.05) is 6.07 Å². The van der Waals surface area contributed by atoms with Crippen LogP contribution in [0.25, 0.3) is 0 Å². The average molecular weight is 265 g/mol. The largest absolute Gasteiger partial charge is 0.454 e.